The molecule has 18 heavy (non-hydrogen) atoms. The van der Waals surface area contributed by atoms with Crippen LogP contribution >= 0.6 is 22.6 Å². The molecule has 0 bridgehead atoms. The van der Waals surface area contributed by atoms with E-state index in [2.05, 4.69) is 34.5 Å². The van der Waals surface area contributed by atoms with Crippen molar-refractivity contribution in [3.8, 4) is 0 Å². The molecule has 0 spiro atoms. The van der Waals surface area contributed by atoms with E-state index in [0.717, 1.165) is 16.4 Å². The number of hydrogen-bond donors (Lipinski definition) is 0. The smallest absolute Gasteiger partial charge is 0.238 e. The molecule has 2 amide bonds. The predicted octanol–water partition coefficient (Wildman–Crippen LogP) is 2.22. The summed E-state index contributed by atoms with van der Waals surface area (Å²) >= 11 is 2.15. The average Bonchev–Trinajstić information content (AvgIpc) is 2.82. The molecule has 0 aromatic carbocycles. The van der Waals surface area contributed by atoms with E-state index in [1.807, 2.05) is 6.07 Å². The third-order valence-corrected chi connectivity index (χ3v) is 4.45. The maximum atomic E-state index is 12.3. The SMILES string of the molecule is CC1CC2C(=O)N(c3ccc(I)cn3)C(=O)C2C1. The van der Waals surface area contributed by atoms with Gasteiger partial charge in [-0.3, -0.25) is 9.59 Å². The van der Waals surface area contributed by atoms with Crippen molar-refractivity contribution in [3.63, 3.8) is 0 Å². The van der Waals surface area contributed by atoms with Gasteiger partial charge in [0.1, 0.15) is 5.82 Å². The van der Waals surface area contributed by atoms with Crippen molar-refractivity contribution in [2.45, 2.75) is 19.8 Å². The third kappa shape index (κ3) is 1.75. The third-order valence-electron chi connectivity index (χ3n) is 3.81. The summed E-state index contributed by atoms with van der Waals surface area (Å²) in [6.07, 6.45) is 3.33. The Morgan fingerprint density at radius 1 is 1.22 bits per heavy atom. The molecule has 1 aromatic heterocycles. The largest absolute Gasteiger partial charge is 0.274 e. The van der Waals surface area contributed by atoms with Gasteiger partial charge >= 0.3 is 0 Å². The molecule has 2 heterocycles. The van der Waals surface area contributed by atoms with Crippen LogP contribution in [0.2, 0.25) is 0 Å². The van der Waals surface area contributed by atoms with Crippen LogP contribution in [0, 0.1) is 21.3 Å². The Bertz CT molecular complexity index is 490. The van der Waals surface area contributed by atoms with Crippen molar-refractivity contribution in [2.24, 2.45) is 17.8 Å². The maximum absolute atomic E-state index is 12.3. The van der Waals surface area contributed by atoms with Gasteiger partial charge in [-0.05, 0) is 53.5 Å². The first-order chi connectivity index (χ1) is 8.58. The number of carbonyl (C=O) groups is 2. The standard InChI is InChI=1S/C13H13IN2O2/c1-7-4-9-10(5-7)13(18)16(12(9)17)11-3-2-8(14)6-15-11/h2-3,6-7,9-10H,4-5H2,1H3. The number of nitrogens with zero attached hydrogens (tertiary/aromatic N) is 2. The van der Waals surface area contributed by atoms with Crippen LogP contribution in [0.1, 0.15) is 19.8 Å². The molecule has 2 unspecified atom stereocenters. The molecule has 94 valence electrons. The number of anilines is 1. The van der Waals surface area contributed by atoms with E-state index in [4.69, 9.17) is 0 Å². The van der Waals surface area contributed by atoms with Crippen LogP contribution < -0.4 is 4.90 Å². The quantitative estimate of drug-likeness (QED) is 0.573. The molecule has 2 aliphatic rings. The monoisotopic (exact) mass is 356 g/mol. The number of rotatable bonds is 1. The van der Waals surface area contributed by atoms with E-state index in [-0.39, 0.29) is 23.7 Å². The van der Waals surface area contributed by atoms with Crippen LogP contribution in [0.25, 0.3) is 0 Å². The molecule has 3 rings (SSSR count). The van der Waals surface area contributed by atoms with Crippen molar-refractivity contribution in [1.82, 2.24) is 4.98 Å². The molecule has 1 aromatic rings. The number of amides is 2. The van der Waals surface area contributed by atoms with Gasteiger partial charge in [0.15, 0.2) is 0 Å². The zero-order valence-electron chi connectivity index (χ0n) is 9.97. The zero-order chi connectivity index (χ0) is 12.9. The Labute approximate surface area is 119 Å². The molecule has 2 fully saturated rings. The lowest BCUT2D eigenvalue weighted by Gasteiger charge is -2.15. The summed E-state index contributed by atoms with van der Waals surface area (Å²) in [7, 11) is 0. The Morgan fingerprint density at radius 3 is 2.33 bits per heavy atom. The second kappa shape index (κ2) is 4.29. The summed E-state index contributed by atoms with van der Waals surface area (Å²) in [6, 6.07) is 3.60. The summed E-state index contributed by atoms with van der Waals surface area (Å²) in [4.78, 5) is 30.0. The Hall–Kier alpha value is -0.980. The number of carbonyl (C=O) groups excluding carboxylic acids is 2. The highest BCUT2D eigenvalue weighted by Crippen LogP contribution is 2.43. The minimum Gasteiger partial charge on any atom is -0.274 e. The molecule has 1 aliphatic carbocycles. The summed E-state index contributed by atoms with van der Waals surface area (Å²) in [5, 5.41) is 0. The van der Waals surface area contributed by atoms with Crippen molar-refractivity contribution >= 4 is 40.2 Å². The number of halogens is 1. The summed E-state index contributed by atoms with van der Waals surface area (Å²) in [5.41, 5.74) is 0. The van der Waals surface area contributed by atoms with E-state index in [0.29, 0.717) is 11.7 Å². The second-order valence-corrected chi connectivity index (χ2v) is 6.38. The molecule has 4 nitrogen and oxygen atoms in total. The highest BCUT2D eigenvalue weighted by atomic mass is 127. The van der Waals surface area contributed by atoms with Gasteiger partial charge in [0, 0.05) is 9.77 Å². The Kier molecular flexibility index (Phi) is 2.88. The number of hydrogen-bond acceptors (Lipinski definition) is 3. The number of aromatic nitrogens is 1. The van der Waals surface area contributed by atoms with Gasteiger partial charge in [0.2, 0.25) is 11.8 Å². The van der Waals surface area contributed by atoms with Crippen molar-refractivity contribution < 1.29 is 9.59 Å². The molecule has 5 heteroatoms. The molecule has 0 N–H and O–H groups in total. The molecule has 2 atom stereocenters. The number of pyridine rings is 1. The lowest BCUT2D eigenvalue weighted by molar-refractivity contribution is -0.123. The maximum Gasteiger partial charge on any atom is 0.238 e. The molecule has 1 aliphatic heterocycles. The van der Waals surface area contributed by atoms with Gasteiger partial charge in [-0.15, -0.1) is 0 Å². The van der Waals surface area contributed by atoms with Crippen molar-refractivity contribution in [1.29, 1.82) is 0 Å². The van der Waals surface area contributed by atoms with E-state index >= 15 is 0 Å². The lowest BCUT2D eigenvalue weighted by atomic mass is 10.00. The molecular formula is C13H13IN2O2. The molecule has 1 saturated heterocycles. The fraction of sp³-hybridized carbons (Fsp3) is 0.462. The first-order valence-corrected chi connectivity index (χ1v) is 7.15. The van der Waals surface area contributed by atoms with Crippen molar-refractivity contribution in [3.05, 3.63) is 21.9 Å². The fourth-order valence-electron chi connectivity index (χ4n) is 3.00. The van der Waals surface area contributed by atoms with Crippen LogP contribution in [-0.2, 0) is 9.59 Å². The fourth-order valence-corrected chi connectivity index (χ4v) is 3.32. The average molecular weight is 356 g/mol. The van der Waals surface area contributed by atoms with Gasteiger partial charge in [0.25, 0.3) is 0 Å². The topological polar surface area (TPSA) is 50.3 Å². The van der Waals surface area contributed by atoms with Crippen LogP contribution in [0.3, 0.4) is 0 Å². The van der Waals surface area contributed by atoms with Gasteiger partial charge in [-0.2, -0.15) is 0 Å². The van der Waals surface area contributed by atoms with Gasteiger partial charge in [-0.25, -0.2) is 9.88 Å². The van der Waals surface area contributed by atoms with E-state index in [1.54, 1.807) is 12.3 Å². The van der Waals surface area contributed by atoms with Crippen LogP contribution in [0.4, 0.5) is 5.82 Å². The normalized spacial score (nSPS) is 31.0. The van der Waals surface area contributed by atoms with E-state index in [1.165, 1.54) is 4.90 Å². The Balaban J connectivity index is 1.93. The minimum absolute atomic E-state index is 0.0666. The lowest BCUT2D eigenvalue weighted by Crippen LogP contribution is -2.32. The van der Waals surface area contributed by atoms with E-state index < -0.39 is 0 Å². The van der Waals surface area contributed by atoms with Gasteiger partial charge in [-0.1, -0.05) is 6.92 Å². The van der Waals surface area contributed by atoms with Gasteiger partial charge < -0.3 is 0 Å². The summed E-state index contributed by atoms with van der Waals surface area (Å²) < 4.78 is 0.990. The first-order valence-electron chi connectivity index (χ1n) is 6.07. The summed E-state index contributed by atoms with van der Waals surface area (Å²) in [6.45, 7) is 2.10. The van der Waals surface area contributed by atoms with E-state index in [9.17, 15) is 9.59 Å². The highest BCUT2D eigenvalue weighted by Gasteiger charge is 2.52. The number of fused-ring (bicyclic) bond motifs is 1. The first kappa shape index (κ1) is 12.1. The highest BCUT2D eigenvalue weighted by molar-refractivity contribution is 14.1. The summed E-state index contributed by atoms with van der Waals surface area (Å²) in [5.74, 6) is 0.570. The zero-order valence-corrected chi connectivity index (χ0v) is 12.1. The number of imide groups is 1. The van der Waals surface area contributed by atoms with Crippen LogP contribution in [0.5, 0.6) is 0 Å². The molecule has 0 radical (unpaired) electrons. The Morgan fingerprint density at radius 2 is 1.83 bits per heavy atom. The molecular weight excluding hydrogens is 343 g/mol. The predicted molar refractivity (Wildman–Crippen MR) is 74.8 cm³/mol. The minimum atomic E-state index is -0.117. The van der Waals surface area contributed by atoms with Crippen molar-refractivity contribution in [2.75, 3.05) is 4.90 Å². The second-order valence-electron chi connectivity index (χ2n) is 5.14. The molecule has 1 saturated carbocycles. The van der Waals surface area contributed by atoms with Gasteiger partial charge in [0.05, 0.1) is 11.8 Å². The van der Waals surface area contributed by atoms with Crippen LogP contribution in [0.15, 0.2) is 18.3 Å². The van der Waals surface area contributed by atoms with Crippen LogP contribution in [-0.4, -0.2) is 16.8 Å².